The molecule has 4 rings (SSSR count). The van der Waals surface area contributed by atoms with E-state index in [0.29, 0.717) is 17.5 Å². The lowest BCUT2D eigenvalue weighted by atomic mass is 10.1. The molecule has 2 aromatic carbocycles. The number of nitrogens with two attached hydrogens (primary N) is 1. The molecule has 0 fully saturated rings. The van der Waals surface area contributed by atoms with Crippen LogP contribution in [-0.4, -0.2) is 26.8 Å². The molecule has 2 aromatic heterocycles. The standard InChI is InChI=1S/C22H23N5O2S/c1-13-6-5-7-14(2)20(13)25-19(28)12-30-22-27-26-21(29-22)17(23)10-15-11-24-18-9-4-3-8-16(15)18/h3-9,11,17,24H,10,12,23H2,1-2H3,(H,25,28). The Bertz CT molecular complexity index is 1160. The number of hydrogen-bond acceptors (Lipinski definition) is 6. The Labute approximate surface area is 178 Å². The van der Waals surface area contributed by atoms with Crippen LogP contribution in [0.15, 0.2) is 58.3 Å². The minimum absolute atomic E-state index is 0.125. The van der Waals surface area contributed by atoms with Gasteiger partial charge in [0.1, 0.15) is 0 Å². The van der Waals surface area contributed by atoms with Crippen molar-refractivity contribution < 1.29 is 9.21 Å². The molecule has 1 amide bonds. The lowest BCUT2D eigenvalue weighted by molar-refractivity contribution is -0.113. The van der Waals surface area contributed by atoms with Crippen LogP contribution in [0.4, 0.5) is 5.69 Å². The van der Waals surface area contributed by atoms with Crippen LogP contribution in [0.5, 0.6) is 0 Å². The number of nitrogens with one attached hydrogen (secondary N) is 2. The summed E-state index contributed by atoms with van der Waals surface area (Å²) in [7, 11) is 0. The van der Waals surface area contributed by atoms with Gasteiger partial charge in [-0.05, 0) is 43.0 Å². The average molecular weight is 422 g/mol. The number of para-hydroxylation sites is 2. The molecule has 0 bridgehead atoms. The molecule has 4 N–H and O–H groups in total. The number of carbonyl (C=O) groups is 1. The number of benzene rings is 2. The molecule has 8 heteroatoms. The van der Waals surface area contributed by atoms with E-state index in [9.17, 15) is 4.79 Å². The van der Waals surface area contributed by atoms with Crippen LogP contribution in [0.1, 0.15) is 28.6 Å². The lowest BCUT2D eigenvalue weighted by Crippen LogP contribution is -2.15. The largest absolute Gasteiger partial charge is 0.414 e. The van der Waals surface area contributed by atoms with Crippen LogP contribution in [0.2, 0.25) is 0 Å². The smallest absolute Gasteiger partial charge is 0.277 e. The SMILES string of the molecule is Cc1cccc(C)c1NC(=O)CSc1nnc(C(N)Cc2c[nH]c3ccccc23)o1. The number of rotatable bonds is 7. The highest BCUT2D eigenvalue weighted by Gasteiger charge is 2.18. The molecule has 0 aliphatic heterocycles. The van der Waals surface area contributed by atoms with Crippen molar-refractivity contribution in [1.82, 2.24) is 15.2 Å². The van der Waals surface area contributed by atoms with Gasteiger partial charge in [-0.3, -0.25) is 4.79 Å². The Balaban J connectivity index is 1.35. The zero-order valence-electron chi connectivity index (χ0n) is 16.8. The zero-order chi connectivity index (χ0) is 21.1. The van der Waals surface area contributed by atoms with E-state index in [0.717, 1.165) is 33.3 Å². The number of thioether (sulfide) groups is 1. The van der Waals surface area contributed by atoms with Gasteiger partial charge in [0.2, 0.25) is 11.8 Å². The normalized spacial score (nSPS) is 12.2. The van der Waals surface area contributed by atoms with Gasteiger partial charge in [-0.15, -0.1) is 10.2 Å². The Hall–Kier alpha value is -3.10. The summed E-state index contributed by atoms with van der Waals surface area (Å²) < 4.78 is 5.68. The number of aromatic nitrogens is 3. The second-order valence-electron chi connectivity index (χ2n) is 7.18. The summed E-state index contributed by atoms with van der Waals surface area (Å²) in [4.78, 5) is 15.6. The van der Waals surface area contributed by atoms with Crippen molar-refractivity contribution in [2.75, 3.05) is 11.1 Å². The lowest BCUT2D eigenvalue weighted by Gasteiger charge is -2.10. The maximum Gasteiger partial charge on any atom is 0.277 e. The zero-order valence-corrected chi connectivity index (χ0v) is 17.6. The molecule has 0 aliphatic rings. The number of carbonyl (C=O) groups excluding carboxylic acids is 1. The fraction of sp³-hybridized carbons (Fsp3) is 0.227. The van der Waals surface area contributed by atoms with E-state index in [1.54, 1.807) is 0 Å². The van der Waals surface area contributed by atoms with Crippen molar-refractivity contribution in [3.8, 4) is 0 Å². The first-order valence-electron chi connectivity index (χ1n) is 9.64. The molecule has 4 aromatic rings. The van der Waals surface area contributed by atoms with Crippen LogP contribution < -0.4 is 11.1 Å². The maximum absolute atomic E-state index is 12.3. The number of fused-ring (bicyclic) bond motifs is 1. The van der Waals surface area contributed by atoms with Crippen LogP contribution in [0.25, 0.3) is 10.9 Å². The summed E-state index contributed by atoms with van der Waals surface area (Å²) in [6.45, 7) is 3.93. The van der Waals surface area contributed by atoms with Gasteiger partial charge in [0.15, 0.2) is 0 Å². The molecule has 2 heterocycles. The minimum Gasteiger partial charge on any atom is -0.414 e. The van der Waals surface area contributed by atoms with Gasteiger partial charge < -0.3 is 20.5 Å². The first-order valence-corrected chi connectivity index (χ1v) is 10.6. The number of H-pyrrole nitrogens is 1. The van der Waals surface area contributed by atoms with Crippen molar-refractivity contribution in [3.05, 3.63) is 71.2 Å². The van der Waals surface area contributed by atoms with Crippen molar-refractivity contribution in [1.29, 1.82) is 0 Å². The summed E-state index contributed by atoms with van der Waals surface area (Å²) in [6.07, 6.45) is 2.53. The molecular formula is C22H23N5O2S. The molecule has 0 spiro atoms. The summed E-state index contributed by atoms with van der Waals surface area (Å²) in [5, 5.41) is 12.5. The molecule has 0 radical (unpaired) electrons. The van der Waals surface area contributed by atoms with Crippen LogP contribution in [0, 0.1) is 13.8 Å². The van der Waals surface area contributed by atoms with Crippen LogP contribution in [0.3, 0.4) is 0 Å². The Morgan fingerprint density at radius 2 is 1.93 bits per heavy atom. The van der Waals surface area contributed by atoms with Crippen molar-refractivity contribution in [2.45, 2.75) is 31.5 Å². The molecule has 0 aliphatic carbocycles. The molecule has 154 valence electrons. The summed E-state index contributed by atoms with van der Waals surface area (Å²) in [5.74, 6) is 0.408. The van der Waals surface area contributed by atoms with Gasteiger partial charge in [0.05, 0.1) is 11.8 Å². The van der Waals surface area contributed by atoms with Gasteiger partial charge in [-0.25, -0.2) is 0 Å². The highest BCUT2D eigenvalue weighted by molar-refractivity contribution is 7.99. The van der Waals surface area contributed by atoms with Crippen molar-refractivity contribution in [2.24, 2.45) is 5.73 Å². The Morgan fingerprint density at radius 1 is 1.17 bits per heavy atom. The third-order valence-electron chi connectivity index (χ3n) is 4.93. The number of aromatic amines is 1. The molecule has 0 saturated heterocycles. The molecule has 1 unspecified atom stereocenters. The third kappa shape index (κ3) is 4.39. The highest BCUT2D eigenvalue weighted by Crippen LogP contribution is 2.25. The minimum atomic E-state index is -0.422. The number of hydrogen-bond donors (Lipinski definition) is 3. The summed E-state index contributed by atoms with van der Waals surface area (Å²) in [6, 6.07) is 13.5. The van der Waals surface area contributed by atoms with Crippen molar-refractivity contribution in [3.63, 3.8) is 0 Å². The number of amides is 1. The highest BCUT2D eigenvalue weighted by atomic mass is 32.2. The van der Waals surface area contributed by atoms with E-state index in [1.807, 2.05) is 56.4 Å². The fourth-order valence-corrected chi connectivity index (χ4v) is 3.94. The van der Waals surface area contributed by atoms with Gasteiger partial charge in [-0.1, -0.05) is 48.2 Å². The molecular weight excluding hydrogens is 398 g/mol. The van der Waals surface area contributed by atoms with Crippen LogP contribution in [-0.2, 0) is 11.2 Å². The molecule has 1 atom stereocenters. The Kier molecular flexibility index (Phi) is 5.87. The second-order valence-corrected chi connectivity index (χ2v) is 8.11. The van der Waals surface area contributed by atoms with Gasteiger partial charge in [0.25, 0.3) is 5.22 Å². The maximum atomic E-state index is 12.3. The van der Waals surface area contributed by atoms with E-state index >= 15 is 0 Å². The summed E-state index contributed by atoms with van der Waals surface area (Å²) >= 11 is 1.19. The first-order chi connectivity index (χ1) is 14.5. The van der Waals surface area contributed by atoms with Gasteiger partial charge >= 0.3 is 0 Å². The topological polar surface area (TPSA) is 110 Å². The van der Waals surface area contributed by atoms with Crippen LogP contribution >= 0.6 is 11.8 Å². The predicted molar refractivity (Wildman–Crippen MR) is 118 cm³/mol. The predicted octanol–water partition coefficient (Wildman–Crippen LogP) is 4.14. The number of nitrogens with zero attached hydrogens (tertiary/aromatic N) is 2. The summed E-state index contributed by atoms with van der Waals surface area (Å²) in [5.41, 5.74) is 11.3. The van der Waals surface area contributed by atoms with E-state index in [1.165, 1.54) is 11.8 Å². The number of anilines is 1. The second kappa shape index (κ2) is 8.73. The first kappa shape index (κ1) is 20.2. The van der Waals surface area contributed by atoms with Crippen molar-refractivity contribution >= 4 is 34.3 Å². The van der Waals surface area contributed by atoms with E-state index in [-0.39, 0.29) is 11.7 Å². The molecule has 7 nitrogen and oxygen atoms in total. The molecule has 30 heavy (non-hydrogen) atoms. The number of aryl methyl sites for hydroxylation is 2. The monoisotopic (exact) mass is 421 g/mol. The average Bonchev–Trinajstić information content (AvgIpc) is 3.37. The van der Waals surface area contributed by atoms with E-state index < -0.39 is 6.04 Å². The third-order valence-corrected chi connectivity index (χ3v) is 5.74. The quantitative estimate of drug-likeness (QED) is 0.387. The van der Waals surface area contributed by atoms with E-state index in [4.69, 9.17) is 10.2 Å². The van der Waals surface area contributed by atoms with Gasteiger partial charge in [-0.2, -0.15) is 0 Å². The van der Waals surface area contributed by atoms with Gasteiger partial charge in [0, 0.05) is 22.8 Å². The molecule has 0 saturated carbocycles. The Morgan fingerprint density at radius 3 is 2.73 bits per heavy atom. The fourth-order valence-electron chi connectivity index (χ4n) is 3.37. The van der Waals surface area contributed by atoms with E-state index in [2.05, 4.69) is 26.6 Å².